The van der Waals surface area contributed by atoms with Gasteiger partial charge in [0.15, 0.2) is 0 Å². The molecule has 0 saturated heterocycles. The largest absolute Gasteiger partial charge is 0.293 e. The Morgan fingerprint density at radius 2 is 2.27 bits per heavy atom. The van der Waals surface area contributed by atoms with E-state index in [1.54, 1.807) is 0 Å². The summed E-state index contributed by atoms with van der Waals surface area (Å²) in [5.74, 6) is 0. The molecule has 1 aliphatic carbocycles. The number of hydrogen-bond acceptors (Lipinski definition) is 1. The Bertz CT molecular complexity index is 242. The van der Waals surface area contributed by atoms with Gasteiger partial charge in [-0.1, -0.05) is 30.4 Å². The molecule has 0 unspecified atom stereocenters. The van der Waals surface area contributed by atoms with Crippen LogP contribution in [0.3, 0.4) is 0 Å². The first-order valence-corrected chi connectivity index (χ1v) is 3.81. The maximum Gasteiger partial charge on any atom is 0.0386 e. The predicted octanol–water partition coefficient (Wildman–Crippen LogP) is 2.52. The molecule has 0 amide bonds. The molecule has 0 N–H and O–H groups in total. The van der Waals surface area contributed by atoms with E-state index in [1.165, 1.54) is 5.57 Å². The van der Waals surface area contributed by atoms with Crippen molar-refractivity contribution < 1.29 is 0 Å². The van der Waals surface area contributed by atoms with Crippen molar-refractivity contribution in [3.8, 4) is 0 Å². The van der Waals surface area contributed by atoms with Crippen molar-refractivity contribution >= 4 is 5.71 Å². The maximum absolute atomic E-state index is 4.12. The van der Waals surface area contributed by atoms with Crippen LogP contribution < -0.4 is 0 Å². The number of hydrogen-bond donors (Lipinski definition) is 0. The average Bonchev–Trinajstić information content (AvgIpc) is 2.30. The van der Waals surface area contributed by atoms with Crippen molar-refractivity contribution in [2.45, 2.75) is 13.3 Å². The standard InChI is InChI=1S/C10H13N/c1-9(11-2)10-7-5-3-4-6-8-10/h3,5-8H,4H2,1-2H3. The third kappa shape index (κ3) is 2.19. The molecule has 1 heteroatoms. The van der Waals surface area contributed by atoms with E-state index in [2.05, 4.69) is 35.4 Å². The molecule has 0 saturated carbocycles. The van der Waals surface area contributed by atoms with E-state index in [0.29, 0.717) is 0 Å². The molecule has 1 nitrogen and oxygen atoms in total. The first-order chi connectivity index (χ1) is 5.34. The molecule has 0 atom stereocenters. The number of nitrogens with zero attached hydrogens (tertiary/aromatic N) is 1. The van der Waals surface area contributed by atoms with Crippen LogP contribution in [0.25, 0.3) is 0 Å². The van der Waals surface area contributed by atoms with Crippen LogP contribution in [-0.4, -0.2) is 12.8 Å². The molecule has 0 fully saturated rings. The summed E-state index contributed by atoms with van der Waals surface area (Å²) < 4.78 is 0. The van der Waals surface area contributed by atoms with Crippen LogP contribution in [0.2, 0.25) is 0 Å². The van der Waals surface area contributed by atoms with E-state index in [9.17, 15) is 0 Å². The van der Waals surface area contributed by atoms with Gasteiger partial charge in [0.2, 0.25) is 0 Å². The SMILES string of the molecule is CN=C(C)C1=CC=CCC=C1. The minimum absolute atomic E-state index is 1.02. The fraction of sp³-hybridized carbons (Fsp3) is 0.300. The zero-order chi connectivity index (χ0) is 8.10. The van der Waals surface area contributed by atoms with Gasteiger partial charge in [0.05, 0.1) is 0 Å². The van der Waals surface area contributed by atoms with Gasteiger partial charge in [0, 0.05) is 12.8 Å². The number of rotatable bonds is 1. The van der Waals surface area contributed by atoms with Gasteiger partial charge in [-0.05, 0) is 18.9 Å². The molecular weight excluding hydrogens is 134 g/mol. The Morgan fingerprint density at radius 3 is 3.00 bits per heavy atom. The van der Waals surface area contributed by atoms with Crippen LogP contribution in [0.15, 0.2) is 40.9 Å². The minimum Gasteiger partial charge on any atom is -0.293 e. The summed E-state index contributed by atoms with van der Waals surface area (Å²) in [6.45, 7) is 2.02. The highest BCUT2D eigenvalue weighted by Crippen LogP contribution is 2.05. The molecule has 1 aliphatic rings. The summed E-state index contributed by atoms with van der Waals surface area (Å²) in [5, 5.41) is 0. The summed E-state index contributed by atoms with van der Waals surface area (Å²) in [6.07, 6.45) is 11.6. The van der Waals surface area contributed by atoms with Crippen LogP contribution in [0.4, 0.5) is 0 Å². The molecule has 0 aliphatic heterocycles. The second kappa shape index (κ2) is 3.91. The van der Waals surface area contributed by atoms with Gasteiger partial charge in [-0.25, -0.2) is 0 Å². The Hall–Kier alpha value is -1.11. The van der Waals surface area contributed by atoms with Gasteiger partial charge in [0.1, 0.15) is 0 Å². The van der Waals surface area contributed by atoms with Crippen molar-refractivity contribution in [2.24, 2.45) is 4.99 Å². The second-order valence-corrected chi connectivity index (χ2v) is 2.50. The van der Waals surface area contributed by atoms with Crippen LogP contribution >= 0.6 is 0 Å². The van der Waals surface area contributed by atoms with Crippen molar-refractivity contribution in [2.75, 3.05) is 7.05 Å². The molecule has 1 rings (SSSR count). The first-order valence-electron chi connectivity index (χ1n) is 3.81. The second-order valence-electron chi connectivity index (χ2n) is 2.50. The average molecular weight is 147 g/mol. The molecule has 0 spiro atoms. The van der Waals surface area contributed by atoms with E-state index in [-0.39, 0.29) is 0 Å². The summed E-state index contributed by atoms with van der Waals surface area (Å²) in [4.78, 5) is 4.12. The van der Waals surface area contributed by atoms with Gasteiger partial charge < -0.3 is 0 Å². The Kier molecular flexibility index (Phi) is 2.84. The molecule has 58 valence electrons. The highest BCUT2D eigenvalue weighted by atomic mass is 14.7. The van der Waals surface area contributed by atoms with Crippen molar-refractivity contribution in [3.05, 3.63) is 36.0 Å². The van der Waals surface area contributed by atoms with Gasteiger partial charge >= 0.3 is 0 Å². The summed E-state index contributed by atoms with van der Waals surface area (Å²) in [7, 11) is 1.82. The van der Waals surface area contributed by atoms with E-state index in [4.69, 9.17) is 0 Å². The lowest BCUT2D eigenvalue weighted by molar-refractivity contribution is 1.39. The molecule has 0 radical (unpaired) electrons. The van der Waals surface area contributed by atoms with E-state index >= 15 is 0 Å². The normalized spacial score (nSPS) is 18.0. The highest BCUT2D eigenvalue weighted by Gasteiger charge is 1.95. The van der Waals surface area contributed by atoms with Crippen LogP contribution in [0.1, 0.15) is 13.3 Å². The maximum atomic E-state index is 4.12. The van der Waals surface area contributed by atoms with E-state index in [1.807, 2.05) is 14.0 Å². The zero-order valence-electron chi connectivity index (χ0n) is 7.04. The molecule has 0 aromatic carbocycles. The fourth-order valence-corrected chi connectivity index (χ4v) is 0.950. The number of allylic oxidation sites excluding steroid dienone is 6. The minimum atomic E-state index is 1.02. The molecule has 0 aromatic rings. The molecule has 11 heavy (non-hydrogen) atoms. The topological polar surface area (TPSA) is 12.4 Å². The third-order valence-corrected chi connectivity index (χ3v) is 1.73. The fourth-order valence-electron chi connectivity index (χ4n) is 0.950. The lowest BCUT2D eigenvalue weighted by Gasteiger charge is -1.96. The molecule has 0 bridgehead atoms. The van der Waals surface area contributed by atoms with Crippen LogP contribution in [0.5, 0.6) is 0 Å². The Morgan fingerprint density at radius 1 is 1.45 bits per heavy atom. The number of aliphatic imine (C=N–C) groups is 1. The molecular formula is C10H13N. The Balaban J connectivity index is 2.85. The van der Waals surface area contributed by atoms with E-state index < -0.39 is 0 Å². The van der Waals surface area contributed by atoms with Crippen LogP contribution in [-0.2, 0) is 0 Å². The van der Waals surface area contributed by atoms with Crippen LogP contribution in [0, 0.1) is 0 Å². The summed E-state index contributed by atoms with van der Waals surface area (Å²) in [6, 6.07) is 0. The molecule has 0 heterocycles. The van der Waals surface area contributed by atoms with Gasteiger partial charge in [0.25, 0.3) is 0 Å². The monoisotopic (exact) mass is 147 g/mol. The van der Waals surface area contributed by atoms with Gasteiger partial charge in [-0.15, -0.1) is 0 Å². The third-order valence-electron chi connectivity index (χ3n) is 1.73. The lowest BCUT2D eigenvalue weighted by Crippen LogP contribution is -1.92. The smallest absolute Gasteiger partial charge is 0.0386 e. The predicted molar refractivity (Wildman–Crippen MR) is 50.0 cm³/mol. The highest BCUT2D eigenvalue weighted by molar-refractivity contribution is 6.00. The van der Waals surface area contributed by atoms with Gasteiger partial charge in [-0.2, -0.15) is 0 Å². The van der Waals surface area contributed by atoms with E-state index in [0.717, 1.165) is 12.1 Å². The quantitative estimate of drug-likeness (QED) is 0.505. The Labute approximate surface area is 67.8 Å². The summed E-state index contributed by atoms with van der Waals surface area (Å²) >= 11 is 0. The lowest BCUT2D eigenvalue weighted by atomic mass is 10.1. The van der Waals surface area contributed by atoms with Gasteiger partial charge in [-0.3, -0.25) is 4.99 Å². The van der Waals surface area contributed by atoms with Crippen molar-refractivity contribution in [1.29, 1.82) is 0 Å². The molecule has 0 aromatic heterocycles. The zero-order valence-corrected chi connectivity index (χ0v) is 7.04. The van der Waals surface area contributed by atoms with Crippen molar-refractivity contribution in [1.82, 2.24) is 0 Å². The van der Waals surface area contributed by atoms with Crippen molar-refractivity contribution in [3.63, 3.8) is 0 Å². The summed E-state index contributed by atoms with van der Waals surface area (Å²) in [5.41, 5.74) is 2.30. The first kappa shape index (κ1) is 7.99.